The molecule has 0 unspecified atom stereocenters. The molecule has 1 fully saturated rings. The number of halogens is 2. The van der Waals surface area contributed by atoms with Gasteiger partial charge in [-0.1, -0.05) is 24.3 Å². The van der Waals surface area contributed by atoms with Crippen LogP contribution in [-0.2, 0) is 13.1 Å². The molecule has 1 heterocycles. The Labute approximate surface area is 146 Å². The second-order valence-electron chi connectivity index (χ2n) is 6.62. The van der Waals surface area contributed by atoms with E-state index in [-0.39, 0.29) is 5.56 Å². The van der Waals surface area contributed by atoms with Crippen LogP contribution in [0, 0.1) is 11.6 Å². The Bertz CT molecular complexity index is 725. The summed E-state index contributed by atoms with van der Waals surface area (Å²) >= 11 is 0. The maximum Gasteiger partial charge on any atom is 0.251 e. The summed E-state index contributed by atoms with van der Waals surface area (Å²) in [5, 5.41) is 2.73. The van der Waals surface area contributed by atoms with E-state index in [1.165, 1.54) is 44.0 Å². The molecule has 2 aromatic rings. The van der Waals surface area contributed by atoms with E-state index >= 15 is 0 Å². The van der Waals surface area contributed by atoms with Gasteiger partial charge in [0, 0.05) is 17.7 Å². The van der Waals surface area contributed by atoms with E-state index in [9.17, 15) is 13.6 Å². The van der Waals surface area contributed by atoms with Crippen LogP contribution in [0.4, 0.5) is 8.78 Å². The standard InChI is InChI=1S/C20H22F2N2O/c21-18-9-8-17(12-19(18)22)20(25)23-13-15-4-6-16(7-5-15)14-24-10-2-1-3-11-24/h4-9,12H,1-3,10-11,13-14H2,(H,23,25)/p+1. The van der Waals surface area contributed by atoms with Crippen LogP contribution in [0.3, 0.4) is 0 Å². The van der Waals surface area contributed by atoms with Gasteiger partial charge in [0.05, 0.1) is 13.1 Å². The second-order valence-corrected chi connectivity index (χ2v) is 6.62. The molecular formula is C20H23F2N2O+. The number of carbonyl (C=O) groups excluding carboxylic acids is 1. The fourth-order valence-electron chi connectivity index (χ4n) is 3.21. The average Bonchev–Trinajstić information content (AvgIpc) is 2.64. The highest BCUT2D eigenvalue weighted by Gasteiger charge is 2.14. The van der Waals surface area contributed by atoms with Gasteiger partial charge in [-0.3, -0.25) is 4.79 Å². The zero-order chi connectivity index (χ0) is 17.6. The van der Waals surface area contributed by atoms with Gasteiger partial charge in [0.2, 0.25) is 0 Å². The summed E-state index contributed by atoms with van der Waals surface area (Å²) in [5.41, 5.74) is 2.39. The molecular weight excluding hydrogens is 322 g/mol. The number of piperidine rings is 1. The zero-order valence-corrected chi connectivity index (χ0v) is 14.2. The van der Waals surface area contributed by atoms with Crippen molar-refractivity contribution in [3.05, 3.63) is 70.8 Å². The van der Waals surface area contributed by atoms with E-state index in [1.54, 1.807) is 4.90 Å². The van der Waals surface area contributed by atoms with Gasteiger partial charge in [-0.15, -0.1) is 0 Å². The molecule has 1 amide bonds. The molecule has 132 valence electrons. The van der Waals surface area contributed by atoms with Crippen molar-refractivity contribution < 1.29 is 18.5 Å². The fraction of sp³-hybridized carbons (Fsp3) is 0.350. The van der Waals surface area contributed by atoms with Gasteiger partial charge < -0.3 is 10.2 Å². The first-order valence-corrected chi connectivity index (χ1v) is 8.76. The van der Waals surface area contributed by atoms with Gasteiger partial charge in [-0.2, -0.15) is 0 Å². The number of carbonyl (C=O) groups is 1. The second kappa shape index (κ2) is 8.21. The molecule has 2 N–H and O–H groups in total. The lowest BCUT2D eigenvalue weighted by atomic mass is 10.1. The lowest BCUT2D eigenvalue weighted by Gasteiger charge is -2.23. The highest BCUT2D eigenvalue weighted by Crippen LogP contribution is 2.09. The number of quaternary nitrogens is 1. The third kappa shape index (κ3) is 4.86. The van der Waals surface area contributed by atoms with E-state index < -0.39 is 17.5 Å². The van der Waals surface area contributed by atoms with Crippen LogP contribution in [0.5, 0.6) is 0 Å². The Hall–Kier alpha value is -2.27. The summed E-state index contributed by atoms with van der Waals surface area (Å²) in [4.78, 5) is 13.6. The molecule has 1 saturated heterocycles. The van der Waals surface area contributed by atoms with Gasteiger partial charge in [0.25, 0.3) is 5.91 Å². The molecule has 0 aromatic heterocycles. The van der Waals surface area contributed by atoms with Crippen LogP contribution in [0.2, 0.25) is 0 Å². The van der Waals surface area contributed by atoms with Crippen LogP contribution in [0.25, 0.3) is 0 Å². The van der Waals surface area contributed by atoms with Crippen LogP contribution >= 0.6 is 0 Å². The first-order valence-electron chi connectivity index (χ1n) is 8.76. The van der Waals surface area contributed by atoms with Crippen molar-refractivity contribution in [1.29, 1.82) is 0 Å². The van der Waals surface area contributed by atoms with Crippen molar-refractivity contribution in [3.63, 3.8) is 0 Å². The number of likely N-dealkylation sites (tertiary alicyclic amines) is 1. The van der Waals surface area contributed by atoms with Crippen LogP contribution in [0.1, 0.15) is 40.7 Å². The van der Waals surface area contributed by atoms with Crippen molar-refractivity contribution in [1.82, 2.24) is 5.32 Å². The minimum absolute atomic E-state index is 0.115. The van der Waals surface area contributed by atoms with Gasteiger partial charge >= 0.3 is 0 Å². The lowest BCUT2D eigenvalue weighted by Crippen LogP contribution is -3.11. The Balaban J connectivity index is 1.52. The number of rotatable bonds is 5. The van der Waals surface area contributed by atoms with Gasteiger partial charge in [0.15, 0.2) is 11.6 Å². The van der Waals surface area contributed by atoms with Crippen molar-refractivity contribution >= 4 is 5.91 Å². The molecule has 0 saturated carbocycles. The molecule has 2 aromatic carbocycles. The number of benzene rings is 2. The van der Waals surface area contributed by atoms with Gasteiger partial charge in [-0.05, 0) is 43.0 Å². The monoisotopic (exact) mass is 345 g/mol. The Morgan fingerprint density at radius 2 is 1.60 bits per heavy atom. The minimum atomic E-state index is -1.02. The lowest BCUT2D eigenvalue weighted by molar-refractivity contribution is -0.918. The molecule has 0 bridgehead atoms. The predicted molar refractivity (Wildman–Crippen MR) is 92.2 cm³/mol. The first-order chi connectivity index (χ1) is 12.1. The number of hydrogen-bond acceptors (Lipinski definition) is 1. The van der Waals surface area contributed by atoms with Crippen LogP contribution in [0.15, 0.2) is 42.5 Å². The van der Waals surface area contributed by atoms with Crippen LogP contribution in [-0.4, -0.2) is 19.0 Å². The predicted octanol–water partition coefficient (Wildman–Crippen LogP) is 2.46. The molecule has 5 heteroatoms. The molecule has 0 aliphatic carbocycles. The Morgan fingerprint density at radius 1 is 0.920 bits per heavy atom. The molecule has 3 rings (SSSR count). The maximum atomic E-state index is 13.2. The van der Waals surface area contributed by atoms with E-state index in [0.29, 0.717) is 6.54 Å². The Morgan fingerprint density at radius 3 is 2.28 bits per heavy atom. The summed E-state index contributed by atoms with van der Waals surface area (Å²) in [6.07, 6.45) is 3.97. The normalized spacial score (nSPS) is 15.1. The van der Waals surface area contributed by atoms with Gasteiger partial charge in [-0.25, -0.2) is 8.78 Å². The summed E-state index contributed by atoms with van der Waals surface area (Å²) in [6.45, 7) is 3.88. The average molecular weight is 345 g/mol. The molecule has 1 aliphatic rings. The van der Waals surface area contributed by atoms with E-state index in [1.807, 2.05) is 12.1 Å². The highest BCUT2D eigenvalue weighted by atomic mass is 19.2. The largest absolute Gasteiger partial charge is 0.348 e. The van der Waals surface area contributed by atoms with Crippen molar-refractivity contribution in [2.75, 3.05) is 13.1 Å². The highest BCUT2D eigenvalue weighted by molar-refractivity contribution is 5.94. The van der Waals surface area contributed by atoms with Crippen molar-refractivity contribution in [3.8, 4) is 0 Å². The molecule has 0 radical (unpaired) electrons. The van der Waals surface area contributed by atoms with Crippen molar-refractivity contribution in [2.24, 2.45) is 0 Å². The summed E-state index contributed by atoms with van der Waals surface area (Å²) in [5.74, 6) is -2.39. The third-order valence-electron chi connectivity index (χ3n) is 4.67. The first kappa shape index (κ1) is 17.5. The minimum Gasteiger partial charge on any atom is -0.348 e. The molecule has 1 aliphatic heterocycles. The summed E-state index contributed by atoms with van der Waals surface area (Å²) in [6, 6.07) is 11.4. The van der Waals surface area contributed by atoms with E-state index in [4.69, 9.17) is 0 Å². The maximum absolute atomic E-state index is 13.2. The summed E-state index contributed by atoms with van der Waals surface area (Å²) in [7, 11) is 0. The van der Waals surface area contributed by atoms with E-state index in [0.717, 1.165) is 24.2 Å². The molecule has 3 nitrogen and oxygen atoms in total. The number of nitrogens with one attached hydrogen (secondary N) is 2. The van der Waals surface area contributed by atoms with Crippen LogP contribution < -0.4 is 10.2 Å². The summed E-state index contributed by atoms with van der Waals surface area (Å²) < 4.78 is 26.1. The SMILES string of the molecule is O=C(NCc1ccc(C[NH+]2CCCCC2)cc1)c1ccc(F)c(F)c1. The van der Waals surface area contributed by atoms with Gasteiger partial charge in [0.1, 0.15) is 6.54 Å². The third-order valence-corrected chi connectivity index (χ3v) is 4.67. The van der Waals surface area contributed by atoms with Crippen molar-refractivity contribution in [2.45, 2.75) is 32.4 Å². The van der Waals surface area contributed by atoms with E-state index in [2.05, 4.69) is 17.4 Å². The smallest absolute Gasteiger partial charge is 0.251 e. The molecule has 0 atom stereocenters. The quantitative estimate of drug-likeness (QED) is 0.858. The topological polar surface area (TPSA) is 33.5 Å². The zero-order valence-electron chi connectivity index (χ0n) is 14.2. The molecule has 25 heavy (non-hydrogen) atoms. The number of hydrogen-bond donors (Lipinski definition) is 2. The molecule has 0 spiro atoms. The fourth-order valence-corrected chi connectivity index (χ4v) is 3.21. The Kier molecular flexibility index (Phi) is 5.76. The number of amides is 1.